The Labute approximate surface area is 89.9 Å². The molecular formula is C10H8BrN3. The summed E-state index contributed by atoms with van der Waals surface area (Å²) in [5, 5.41) is 9.80. The van der Waals surface area contributed by atoms with Gasteiger partial charge >= 0.3 is 0 Å². The number of nitriles is 1. The van der Waals surface area contributed by atoms with Gasteiger partial charge in [0, 0.05) is 16.1 Å². The van der Waals surface area contributed by atoms with Crippen molar-refractivity contribution in [1.82, 2.24) is 9.97 Å². The second kappa shape index (κ2) is 3.10. The number of rotatable bonds is 0. The van der Waals surface area contributed by atoms with Crippen molar-refractivity contribution in [1.29, 1.82) is 5.26 Å². The van der Waals surface area contributed by atoms with E-state index in [1.165, 1.54) is 0 Å². The minimum atomic E-state index is 0.644. The summed E-state index contributed by atoms with van der Waals surface area (Å²) in [6.07, 6.45) is 1.69. The van der Waals surface area contributed by atoms with Crippen molar-refractivity contribution in [2.75, 3.05) is 0 Å². The zero-order chi connectivity index (χ0) is 10.3. The smallest absolute Gasteiger partial charge is 0.139 e. The summed E-state index contributed by atoms with van der Waals surface area (Å²) in [6, 6.07) is 2.15. The molecule has 0 amide bonds. The van der Waals surface area contributed by atoms with E-state index in [-0.39, 0.29) is 0 Å². The number of aryl methyl sites for hydroxylation is 2. The number of nitrogens with zero attached hydrogens (tertiary/aromatic N) is 2. The monoisotopic (exact) mass is 249 g/mol. The molecule has 0 aliphatic heterocycles. The average Bonchev–Trinajstić information content (AvgIpc) is 2.57. The van der Waals surface area contributed by atoms with E-state index in [1.807, 2.05) is 13.8 Å². The summed E-state index contributed by atoms with van der Waals surface area (Å²) in [4.78, 5) is 7.34. The SMILES string of the molecule is Cc1nc2[nH]cc(C#N)c2c(C)c1Br. The van der Waals surface area contributed by atoms with Crippen LogP contribution < -0.4 is 0 Å². The van der Waals surface area contributed by atoms with Gasteiger partial charge in [-0.2, -0.15) is 5.26 Å². The summed E-state index contributed by atoms with van der Waals surface area (Å²) in [6.45, 7) is 3.92. The Bertz CT molecular complexity index is 548. The predicted octanol–water partition coefficient (Wildman–Crippen LogP) is 2.81. The van der Waals surface area contributed by atoms with Crippen molar-refractivity contribution < 1.29 is 0 Å². The van der Waals surface area contributed by atoms with Crippen molar-refractivity contribution in [2.45, 2.75) is 13.8 Å². The van der Waals surface area contributed by atoms with Gasteiger partial charge < -0.3 is 4.98 Å². The fourth-order valence-electron chi connectivity index (χ4n) is 1.57. The Balaban J connectivity index is 2.97. The normalized spacial score (nSPS) is 10.4. The molecule has 2 aromatic rings. The van der Waals surface area contributed by atoms with Crippen LogP contribution in [0.4, 0.5) is 0 Å². The zero-order valence-electron chi connectivity index (χ0n) is 7.85. The van der Waals surface area contributed by atoms with E-state index in [4.69, 9.17) is 5.26 Å². The second-order valence-corrected chi connectivity index (χ2v) is 3.97. The molecule has 0 radical (unpaired) electrons. The highest BCUT2D eigenvalue weighted by Gasteiger charge is 2.11. The highest BCUT2D eigenvalue weighted by Crippen LogP contribution is 2.28. The molecule has 0 aliphatic carbocycles. The molecule has 0 aromatic carbocycles. The standard InChI is InChI=1S/C10H8BrN3/c1-5-8-7(3-12)4-13-10(8)14-6(2)9(5)11/h4H,1-2H3,(H,13,14). The number of aromatic nitrogens is 2. The zero-order valence-corrected chi connectivity index (χ0v) is 9.44. The Morgan fingerprint density at radius 1 is 1.50 bits per heavy atom. The topological polar surface area (TPSA) is 52.5 Å². The lowest BCUT2D eigenvalue weighted by Gasteiger charge is -2.03. The molecule has 2 rings (SSSR count). The first kappa shape index (κ1) is 9.22. The summed E-state index contributed by atoms with van der Waals surface area (Å²) in [7, 11) is 0. The Kier molecular flexibility index (Phi) is 2.05. The summed E-state index contributed by atoms with van der Waals surface area (Å²) < 4.78 is 0.973. The van der Waals surface area contributed by atoms with Crippen molar-refractivity contribution in [3.05, 3.63) is 27.5 Å². The number of halogens is 1. The van der Waals surface area contributed by atoms with E-state index in [0.29, 0.717) is 5.56 Å². The van der Waals surface area contributed by atoms with Gasteiger partial charge in [-0.15, -0.1) is 0 Å². The highest BCUT2D eigenvalue weighted by atomic mass is 79.9. The minimum absolute atomic E-state index is 0.644. The molecule has 0 aliphatic rings. The third-order valence-electron chi connectivity index (χ3n) is 2.28. The first-order chi connectivity index (χ1) is 6.65. The molecule has 1 N–H and O–H groups in total. The van der Waals surface area contributed by atoms with Crippen LogP contribution >= 0.6 is 15.9 Å². The van der Waals surface area contributed by atoms with Crippen LogP contribution in [-0.4, -0.2) is 9.97 Å². The van der Waals surface area contributed by atoms with Gasteiger partial charge in [-0.05, 0) is 35.3 Å². The summed E-state index contributed by atoms with van der Waals surface area (Å²) >= 11 is 3.46. The number of hydrogen-bond donors (Lipinski definition) is 1. The number of hydrogen-bond acceptors (Lipinski definition) is 2. The number of nitrogens with one attached hydrogen (secondary N) is 1. The molecule has 2 heterocycles. The van der Waals surface area contributed by atoms with E-state index in [1.54, 1.807) is 6.20 Å². The average molecular weight is 250 g/mol. The van der Waals surface area contributed by atoms with Crippen LogP contribution in [0.25, 0.3) is 11.0 Å². The van der Waals surface area contributed by atoms with Crippen LogP contribution in [0.5, 0.6) is 0 Å². The van der Waals surface area contributed by atoms with Crippen LogP contribution in [0.1, 0.15) is 16.8 Å². The summed E-state index contributed by atoms with van der Waals surface area (Å²) in [5.74, 6) is 0. The molecular weight excluding hydrogens is 242 g/mol. The molecule has 0 spiro atoms. The minimum Gasteiger partial charge on any atom is -0.345 e. The van der Waals surface area contributed by atoms with Crippen molar-refractivity contribution >= 4 is 27.0 Å². The van der Waals surface area contributed by atoms with Crippen LogP contribution in [0.15, 0.2) is 10.7 Å². The molecule has 0 saturated carbocycles. The van der Waals surface area contributed by atoms with Crippen molar-refractivity contribution in [3.63, 3.8) is 0 Å². The number of H-pyrrole nitrogens is 1. The third kappa shape index (κ3) is 1.13. The lowest BCUT2D eigenvalue weighted by atomic mass is 10.1. The highest BCUT2D eigenvalue weighted by molar-refractivity contribution is 9.10. The van der Waals surface area contributed by atoms with Crippen LogP contribution in [0.2, 0.25) is 0 Å². The van der Waals surface area contributed by atoms with E-state index >= 15 is 0 Å². The molecule has 0 fully saturated rings. The van der Waals surface area contributed by atoms with Gasteiger partial charge in [-0.25, -0.2) is 4.98 Å². The fourth-order valence-corrected chi connectivity index (χ4v) is 1.85. The largest absolute Gasteiger partial charge is 0.345 e. The fraction of sp³-hybridized carbons (Fsp3) is 0.200. The maximum Gasteiger partial charge on any atom is 0.139 e. The van der Waals surface area contributed by atoms with Gasteiger partial charge in [0.2, 0.25) is 0 Å². The lowest BCUT2D eigenvalue weighted by Crippen LogP contribution is -1.89. The predicted molar refractivity (Wildman–Crippen MR) is 58.0 cm³/mol. The van der Waals surface area contributed by atoms with Crippen LogP contribution in [0.3, 0.4) is 0 Å². The van der Waals surface area contributed by atoms with Crippen molar-refractivity contribution in [2.24, 2.45) is 0 Å². The Hall–Kier alpha value is -1.34. The molecule has 0 saturated heterocycles. The van der Waals surface area contributed by atoms with E-state index in [2.05, 4.69) is 32.0 Å². The Morgan fingerprint density at radius 3 is 2.86 bits per heavy atom. The molecule has 3 nitrogen and oxygen atoms in total. The van der Waals surface area contributed by atoms with E-state index < -0.39 is 0 Å². The van der Waals surface area contributed by atoms with Gasteiger partial charge in [0.15, 0.2) is 0 Å². The number of pyridine rings is 1. The van der Waals surface area contributed by atoms with Gasteiger partial charge in [0.05, 0.1) is 11.3 Å². The Morgan fingerprint density at radius 2 is 2.21 bits per heavy atom. The second-order valence-electron chi connectivity index (χ2n) is 3.17. The number of aromatic amines is 1. The van der Waals surface area contributed by atoms with Crippen LogP contribution in [-0.2, 0) is 0 Å². The quantitative estimate of drug-likeness (QED) is 0.781. The molecule has 70 valence electrons. The molecule has 0 atom stereocenters. The summed E-state index contributed by atoms with van der Waals surface area (Å²) in [5.41, 5.74) is 3.41. The number of fused-ring (bicyclic) bond motifs is 1. The third-order valence-corrected chi connectivity index (χ3v) is 3.45. The van der Waals surface area contributed by atoms with Crippen molar-refractivity contribution in [3.8, 4) is 6.07 Å². The van der Waals surface area contributed by atoms with E-state index in [0.717, 1.165) is 26.8 Å². The van der Waals surface area contributed by atoms with Gasteiger partial charge in [0.25, 0.3) is 0 Å². The van der Waals surface area contributed by atoms with Gasteiger partial charge in [0.1, 0.15) is 11.7 Å². The molecule has 0 unspecified atom stereocenters. The molecule has 0 bridgehead atoms. The first-order valence-corrected chi connectivity index (χ1v) is 4.98. The maximum atomic E-state index is 8.90. The first-order valence-electron chi connectivity index (χ1n) is 4.19. The van der Waals surface area contributed by atoms with Gasteiger partial charge in [-0.1, -0.05) is 0 Å². The van der Waals surface area contributed by atoms with Gasteiger partial charge in [-0.3, -0.25) is 0 Å². The van der Waals surface area contributed by atoms with Crippen LogP contribution in [0, 0.1) is 25.2 Å². The molecule has 4 heteroatoms. The molecule has 2 aromatic heterocycles. The van der Waals surface area contributed by atoms with E-state index in [9.17, 15) is 0 Å². The maximum absolute atomic E-state index is 8.90. The lowest BCUT2D eigenvalue weighted by molar-refractivity contribution is 1.18. The molecule has 14 heavy (non-hydrogen) atoms.